The van der Waals surface area contributed by atoms with Gasteiger partial charge in [0.1, 0.15) is 11.2 Å². The van der Waals surface area contributed by atoms with E-state index < -0.39 is 0 Å². The van der Waals surface area contributed by atoms with E-state index in [4.69, 9.17) is 13.8 Å². The lowest BCUT2D eigenvalue weighted by atomic mass is 9.88. The first-order valence-electron chi connectivity index (χ1n) is 8.17. The Morgan fingerprint density at radius 1 is 0.750 bits per heavy atom. The number of benzene rings is 2. The Kier molecular flexibility index (Phi) is 2.49. The van der Waals surface area contributed by atoms with Crippen LogP contribution >= 0.6 is 0 Å². The molecular weight excluding hydrogens is 298 g/mol. The molecule has 0 spiro atoms. The molecule has 24 heavy (non-hydrogen) atoms. The number of rotatable bonds is 0. The maximum absolute atomic E-state index is 6.27. The van der Waals surface area contributed by atoms with E-state index in [-0.39, 0.29) is 5.41 Å². The summed E-state index contributed by atoms with van der Waals surface area (Å²) >= 11 is 0. The van der Waals surface area contributed by atoms with Crippen LogP contribution in [0.3, 0.4) is 0 Å². The van der Waals surface area contributed by atoms with E-state index in [0.717, 1.165) is 44.0 Å². The van der Waals surface area contributed by atoms with Gasteiger partial charge in [-0.3, -0.25) is 0 Å². The van der Waals surface area contributed by atoms with E-state index in [1.54, 1.807) is 0 Å². The summed E-state index contributed by atoms with van der Waals surface area (Å²) in [6.45, 7) is 6.51. The number of fused-ring (bicyclic) bond motifs is 7. The van der Waals surface area contributed by atoms with Gasteiger partial charge in [-0.25, -0.2) is 4.98 Å². The van der Waals surface area contributed by atoms with Gasteiger partial charge < -0.3 is 8.83 Å². The number of furan rings is 2. The van der Waals surface area contributed by atoms with E-state index in [1.165, 1.54) is 0 Å². The molecule has 3 nitrogen and oxygen atoms in total. The van der Waals surface area contributed by atoms with Crippen LogP contribution < -0.4 is 0 Å². The van der Waals surface area contributed by atoms with Gasteiger partial charge in [0.05, 0.1) is 16.5 Å². The van der Waals surface area contributed by atoms with Gasteiger partial charge in [-0.05, 0) is 12.1 Å². The van der Waals surface area contributed by atoms with Crippen molar-refractivity contribution in [1.29, 1.82) is 0 Å². The zero-order valence-electron chi connectivity index (χ0n) is 13.9. The summed E-state index contributed by atoms with van der Waals surface area (Å²) < 4.78 is 12.3. The highest BCUT2D eigenvalue weighted by Gasteiger charge is 2.26. The Hall–Kier alpha value is -2.81. The second kappa shape index (κ2) is 4.38. The lowest BCUT2D eigenvalue weighted by Crippen LogP contribution is -2.13. The molecule has 0 saturated carbocycles. The van der Waals surface area contributed by atoms with Crippen molar-refractivity contribution in [2.75, 3.05) is 0 Å². The van der Waals surface area contributed by atoms with Gasteiger partial charge in [-0.15, -0.1) is 0 Å². The molecule has 2 aromatic carbocycles. The maximum atomic E-state index is 6.27. The van der Waals surface area contributed by atoms with Crippen LogP contribution in [0, 0.1) is 0 Å². The topological polar surface area (TPSA) is 39.2 Å². The lowest BCUT2D eigenvalue weighted by molar-refractivity contribution is 0.567. The molecule has 0 bridgehead atoms. The maximum Gasteiger partial charge on any atom is 0.231 e. The summed E-state index contributed by atoms with van der Waals surface area (Å²) in [7, 11) is 0. The van der Waals surface area contributed by atoms with Crippen LogP contribution in [0.15, 0.2) is 57.4 Å². The number of aromatic nitrogens is 1. The highest BCUT2D eigenvalue weighted by Crippen LogP contribution is 2.42. The summed E-state index contributed by atoms with van der Waals surface area (Å²) in [5.74, 6) is 0. The van der Waals surface area contributed by atoms with Crippen molar-refractivity contribution in [1.82, 2.24) is 4.98 Å². The third-order valence-electron chi connectivity index (χ3n) is 4.56. The molecule has 0 amide bonds. The van der Waals surface area contributed by atoms with Gasteiger partial charge >= 0.3 is 0 Å². The predicted molar refractivity (Wildman–Crippen MR) is 97.5 cm³/mol. The third-order valence-corrected chi connectivity index (χ3v) is 4.56. The number of para-hydroxylation sites is 2. The van der Waals surface area contributed by atoms with Crippen LogP contribution in [-0.4, -0.2) is 4.98 Å². The van der Waals surface area contributed by atoms with E-state index in [2.05, 4.69) is 32.9 Å². The van der Waals surface area contributed by atoms with E-state index in [0.29, 0.717) is 5.71 Å². The van der Waals surface area contributed by atoms with Crippen molar-refractivity contribution in [2.24, 2.45) is 0 Å². The van der Waals surface area contributed by atoms with Crippen molar-refractivity contribution in [3.63, 3.8) is 0 Å². The molecular formula is C21H17NO2. The molecule has 3 heteroatoms. The van der Waals surface area contributed by atoms with Crippen LogP contribution in [0.5, 0.6) is 0 Å². The second-order valence-electron chi connectivity index (χ2n) is 7.29. The summed E-state index contributed by atoms with van der Waals surface area (Å²) in [6.07, 6.45) is 0. The van der Waals surface area contributed by atoms with Crippen LogP contribution in [0.25, 0.3) is 44.0 Å². The minimum atomic E-state index is -0.113. The molecule has 5 rings (SSSR count). The number of nitrogens with zero attached hydrogens (tertiary/aromatic N) is 1. The highest BCUT2D eigenvalue weighted by molar-refractivity contribution is 6.21. The van der Waals surface area contributed by atoms with Crippen molar-refractivity contribution in [3.8, 4) is 0 Å². The van der Waals surface area contributed by atoms with Crippen molar-refractivity contribution >= 4 is 44.0 Å². The normalized spacial score (nSPS) is 12.8. The molecule has 0 fully saturated rings. The van der Waals surface area contributed by atoms with Gasteiger partial charge in [0, 0.05) is 16.2 Å². The summed E-state index contributed by atoms with van der Waals surface area (Å²) in [5, 5.41) is 4.21. The molecule has 0 saturated heterocycles. The SMILES string of the molecule is CC(C)(C)c1nc2oc3ccccc3c2c2oc3ccccc3c12. The Bertz CT molecular complexity index is 1240. The zero-order valence-corrected chi connectivity index (χ0v) is 13.9. The zero-order chi connectivity index (χ0) is 16.5. The average Bonchev–Trinajstić information content (AvgIpc) is 3.11. The van der Waals surface area contributed by atoms with Gasteiger partial charge in [0.2, 0.25) is 5.71 Å². The van der Waals surface area contributed by atoms with Crippen molar-refractivity contribution in [2.45, 2.75) is 26.2 Å². The molecule has 0 aliphatic rings. The van der Waals surface area contributed by atoms with Gasteiger partial charge in [-0.1, -0.05) is 57.2 Å². The first-order chi connectivity index (χ1) is 11.5. The van der Waals surface area contributed by atoms with E-state index in [9.17, 15) is 0 Å². The first-order valence-corrected chi connectivity index (χ1v) is 8.17. The Balaban J connectivity index is 2.14. The fourth-order valence-corrected chi connectivity index (χ4v) is 3.49. The molecule has 0 unspecified atom stereocenters. The molecule has 0 radical (unpaired) electrons. The summed E-state index contributed by atoms with van der Waals surface area (Å²) in [6, 6.07) is 16.2. The summed E-state index contributed by atoms with van der Waals surface area (Å²) in [5.41, 5.74) is 4.14. The van der Waals surface area contributed by atoms with Crippen LogP contribution in [0.1, 0.15) is 26.5 Å². The average molecular weight is 315 g/mol. The molecule has 0 N–H and O–H groups in total. The molecule has 5 aromatic rings. The Morgan fingerprint density at radius 3 is 2.00 bits per heavy atom. The largest absolute Gasteiger partial charge is 0.455 e. The quantitative estimate of drug-likeness (QED) is 0.342. The third kappa shape index (κ3) is 1.70. The Morgan fingerprint density at radius 2 is 1.33 bits per heavy atom. The van der Waals surface area contributed by atoms with Crippen LogP contribution in [0.4, 0.5) is 0 Å². The summed E-state index contributed by atoms with van der Waals surface area (Å²) in [4.78, 5) is 4.91. The molecule has 118 valence electrons. The molecule has 3 aromatic heterocycles. The first kappa shape index (κ1) is 13.6. The number of hydrogen-bond donors (Lipinski definition) is 0. The molecule has 0 aliphatic carbocycles. The van der Waals surface area contributed by atoms with Crippen molar-refractivity contribution < 1.29 is 8.83 Å². The van der Waals surface area contributed by atoms with Gasteiger partial charge in [0.15, 0.2) is 5.58 Å². The van der Waals surface area contributed by atoms with E-state index in [1.807, 2.05) is 36.4 Å². The van der Waals surface area contributed by atoms with E-state index >= 15 is 0 Å². The molecule has 0 atom stereocenters. The minimum Gasteiger partial charge on any atom is -0.455 e. The lowest BCUT2D eigenvalue weighted by Gasteiger charge is -2.18. The smallest absolute Gasteiger partial charge is 0.231 e. The van der Waals surface area contributed by atoms with Crippen LogP contribution in [0.2, 0.25) is 0 Å². The number of pyridine rings is 1. The van der Waals surface area contributed by atoms with Gasteiger partial charge in [0.25, 0.3) is 0 Å². The van der Waals surface area contributed by atoms with Crippen LogP contribution in [-0.2, 0) is 5.41 Å². The standard InChI is InChI=1S/C21H17NO2/c1-21(2,3)19-16-12-8-4-6-10-14(12)23-18(16)17-13-9-5-7-11-15(13)24-20(17)22-19/h4-11H,1-3H3. The molecule has 0 aliphatic heterocycles. The minimum absolute atomic E-state index is 0.113. The monoisotopic (exact) mass is 315 g/mol. The highest BCUT2D eigenvalue weighted by atomic mass is 16.4. The van der Waals surface area contributed by atoms with Crippen molar-refractivity contribution in [3.05, 3.63) is 54.2 Å². The Labute approximate surface area is 138 Å². The predicted octanol–water partition coefficient (Wildman–Crippen LogP) is 6.18. The fourth-order valence-electron chi connectivity index (χ4n) is 3.49. The fraction of sp³-hybridized carbons (Fsp3) is 0.190. The number of hydrogen-bond acceptors (Lipinski definition) is 3. The van der Waals surface area contributed by atoms with Gasteiger partial charge in [-0.2, -0.15) is 0 Å². The second-order valence-corrected chi connectivity index (χ2v) is 7.29. The molecule has 3 heterocycles.